The van der Waals surface area contributed by atoms with Crippen molar-refractivity contribution in [2.45, 2.75) is 19.4 Å². The number of aliphatic hydroxyl groups excluding tert-OH is 1. The zero-order chi connectivity index (χ0) is 9.84. The monoisotopic (exact) mass is 290 g/mol. The second-order valence-corrected chi connectivity index (χ2v) is 4.10. The zero-order valence-corrected chi connectivity index (χ0v) is 9.48. The molecule has 13 heavy (non-hydrogen) atoms. The second-order valence-electron chi connectivity index (χ2n) is 2.93. The molecule has 2 nitrogen and oxygen atoms in total. The molecule has 0 aromatic heterocycles. The van der Waals surface area contributed by atoms with Crippen LogP contribution in [0.2, 0.25) is 0 Å². The molecule has 1 aromatic rings. The molecule has 1 N–H and O–H groups in total. The van der Waals surface area contributed by atoms with Crippen molar-refractivity contribution >= 4 is 28.9 Å². The zero-order valence-electron chi connectivity index (χ0n) is 7.33. The Balaban J connectivity index is 3.02. The van der Waals surface area contributed by atoms with E-state index in [1.807, 2.05) is 25.1 Å². The van der Waals surface area contributed by atoms with Gasteiger partial charge in [0.05, 0.1) is 6.61 Å². The van der Waals surface area contributed by atoms with Crippen LogP contribution in [0.3, 0.4) is 0 Å². The van der Waals surface area contributed by atoms with Gasteiger partial charge in [-0.3, -0.25) is 0 Å². The Morgan fingerprint density at radius 3 is 2.77 bits per heavy atom. The molecule has 0 aliphatic carbocycles. The minimum Gasteiger partial charge on any atom is -0.392 e. The van der Waals surface area contributed by atoms with E-state index in [1.54, 1.807) is 0 Å². The average Bonchev–Trinajstić information content (AvgIpc) is 2.16. The number of carbonyl (C=O) groups excluding carboxylic acids is 1. The molecule has 0 heterocycles. The van der Waals surface area contributed by atoms with E-state index in [4.69, 9.17) is 5.11 Å². The van der Waals surface area contributed by atoms with E-state index >= 15 is 0 Å². The summed E-state index contributed by atoms with van der Waals surface area (Å²) in [5, 5.41) is 8.93. The van der Waals surface area contributed by atoms with Crippen molar-refractivity contribution < 1.29 is 9.90 Å². The van der Waals surface area contributed by atoms with Gasteiger partial charge in [-0.2, -0.15) is 0 Å². The smallest absolute Gasteiger partial charge is 0.127 e. The maximum atomic E-state index is 10.5. The van der Waals surface area contributed by atoms with Gasteiger partial charge in [0.2, 0.25) is 0 Å². The first-order chi connectivity index (χ1) is 6.19. The number of hydrogen-bond acceptors (Lipinski definition) is 2. The van der Waals surface area contributed by atoms with Gasteiger partial charge >= 0.3 is 0 Å². The van der Waals surface area contributed by atoms with E-state index in [0.29, 0.717) is 0 Å². The normalized spacial score (nSPS) is 12.5. The first kappa shape index (κ1) is 10.7. The molecule has 0 saturated carbocycles. The lowest BCUT2D eigenvalue weighted by Crippen LogP contribution is -1.97. The number of benzene rings is 1. The van der Waals surface area contributed by atoms with Crippen LogP contribution in [0.1, 0.15) is 24.0 Å². The van der Waals surface area contributed by atoms with Crippen LogP contribution in [0.15, 0.2) is 18.2 Å². The number of rotatable bonds is 3. The second kappa shape index (κ2) is 4.72. The van der Waals surface area contributed by atoms with Crippen molar-refractivity contribution in [1.29, 1.82) is 0 Å². The lowest BCUT2D eigenvalue weighted by atomic mass is 10.0. The topological polar surface area (TPSA) is 37.3 Å². The minimum absolute atomic E-state index is 0.0496. The van der Waals surface area contributed by atoms with Gasteiger partial charge in [0, 0.05) is 9.49 Å². The largest absolute Gasteiger partial charge is 0.392 e. The first-order valence-electron chi connectivity index (χ1n) is 4.03. The Hall–Kier alpha value is -0.420. The molecule has 0 amide bonds. The van der Waals surface area contributed by atoms with Crippen LogP contribution in [0.5, 0.6) is 0 Å². The standard InChI is InChI=1S/C10H11IO2/c1-7(5-12)8-2-3-9(6-13)10(11)4-8/h2-5,7,13H,6H2,1H3. The molecule has 0 spiro atoms. The first-order valence-corrected chi connectivity index (χ1v) is 5.11. The van der Waals surface area contributed by atoms with Crippen molar-refractivity contribution in [1.82, 2.24) is 0 Å². The molecule has 0 saturated heterocycles. The average molecular weight is 290 g/mol. The van der Waals surface area contributed by atoms with Gasteiger partial charge < -0.3 is 9.90 Å². The minimum atomic E-state index is -0.0683. The van der Waals surface area contributed by atoms with Crippen molar-refractivity contribution in [3.8, 4) is 0 Å². The van der Waals surface area contributed by atoms with E-state index in [-0.39, 0.29) is 12.5 Å². The fourth-order valence-corrected chi connectivity index (χ4v) is 1.76. The van der Waals surface area contributed by atoms with E-state index in [9.17, 15) is 4.79 Å². The van der Waals surface area contributed by atoms with Crippen molar-refractivity contribution in [2.75, 3.05) is 0 Å². The molecule has 0 radical (unpaired) electrons. The Morgan fingerprint density at radius 2 is 2.31 bits per heavy atom. The summed E-state index contributed by atoms with van der Waals surface area (Å²) in [5.41, 5.74) is 1.90. The Labute approximate surface area is 91.1 Å². The summed E-state index contributed by atoms with van der Waals surface area (Å²) in [6.07, 6.45) is 0.921. The van der Waals surface area contributed by atoms with Gasteiger partial charge in [-0.25, -0.2) is 0 Å². The predicted molar refractivity (Wildman–Crippen MR) is 59.6 cm³/mol. The summed E-state index contributed by atoms with van der Waals surface area (Å²) in [7, 11) is 0. The molecule has 70 valence electrons. The number of halogens is 1. The maximum Gasteiger partial charge on any atom is 0.127 e. The molecule has 1 unspecified atom stereocenters. The van der Waals surface area contributed by atoms with Gasteiger partial charge in [0.15, 0.2) is 0 Å². The molecule has 1 aromatic carbocycles. The van der Waals surface area contributed by atoms with Gasteiger partial charge in [-0.1, -0.05) is 19.1 Å². The summed E-state index contributed by atoms with van der Waals surface area (Å²) in [6, 6.07) is 5.68. The molecule has 0 aliphatic heterocycles. The lowest BCUT2D eigenvalue weighted by molar-refractivity contribution is -0.108. The number of aliphatic hydroxyl groups is 1. The molecule has 1 atom stereocenters. The highest BCUT2D eigenvalue weighted by Crippen LogP contribution is 2.19. The molecular formula is C10H11IO2. The number of hydrogen-bond donors (Lipinski definition) is 1. The highest BCUT2D eigenvalue weighted by Gasteiger charge is 2.05. The van der Waals surface area contributed by atoms with Crippen LogP contribution in [-0.2, 0) is 11.4 Å². The van der Waals surface area contributed by atoms with Crippen LogP contribution in [-0.4, -0.2) is 11.4 Å². The van der Waals surface area contributed by atoms with Gasteiger partial charge in [-0.15, -0.1) is 0 Å². The van der Waals surface area contributed by atoms with Crippen LogP contribution in [0.25, 0.3) is 0 Å². The molecule has 0 aliphatic rings. The fourth-order valence-electron chi connectivity index (χ4n) is 1.05. The SMILES string of the molecule is CC(C=O)c1ccc(CO)c(I)c1. The summed E-state index contributed by atoms with van der Waals surface area (Å²) < 4.78 is 1.01. The quantitative estimate of drug-likeness (QED) is 0.683. The third kappa shape index (κ3) is 2.51. The van der Waals surface area contributed by atoms with Crippen LogP contribution >= 0.6 is 22.6 Å². The third-order valence-electron chi connectivity index (χ3n) is 1.98. The Kier molecular flexibility index (Phi) is 3.87. The highest BCUT2D eigenvalue weighted by atomic mass is 127. The number of carbonyl (C=O) groups is 1. The van der Waals surface area contributed by atoms with Crippen LogP contribution in [0, 0.1) is 3.57 Å². The summed E-state index contributed by atoms with van der Waals surface area (Å²) in [4.78, 5) is 10.5. The van der Waals surface area contributed by atoms with E-state index < -0.39 is 0 Å². The summed E-state index contributed by atoms with van der Waals surface area (Å²) in [5.74, 6) is -0.0683. The van der Waals surface area contributed by atoms with Crippen LogP contribution < -0.4 is 0 Å². The van der Waals surface area contributed by atoms with Crippen molar-refractivity contribution in [2.24, 2.45) is 0 Å². The summed E-state index contributed by atoms with van der Waals surface area (Å²) >= 11 is 2.16. The molecule has 0 fully saturated rings. The maximum absolute atomic E-state index is 10.5. The van der Waals surface area contributed by atoms with E-state index in [0.717, 1.165) is 21.0 Å². The highest BCUT2D eigenvalue weighted by molar-refractivity contribution is 14.1. The summed E-state index contributed by atoms with van der Waals surface area (Å²) in [6.45, 7) is 1.91. The third-order valence-corrected chi connectivity index (χ3v) is 2.98. The van der Waals surface area contributed by atoms with Gasteiger partial charge in [0.25, 0.3) is 0 Å². The Bertz CT molecular complexity index is 310. The van der Waals surface area contributed by atoms with Gasteiger partial charge in [0.1, 0.15) is 6.29 Å². The van der Waals surface area contributed by atoms with Crippen molar-refractivity contribution in [3.63, 3.8) is 0 Å². The molecule has 3 heteroatoms. The predicted octanol–water partition coefficient (Wildman–Crippen LogP) is 2.09. The lowest BCUT2D eigenvalue weighted by Gasteiger charge is -2.06. The van der Waals surface area contributed by atoms with E-state index in [1.165, 1.54) is 0 Å². The van der Waals surface area contributed by atoms with Crippen LogP contribution in [0.4, 0.5) is 0 Å². The van der Waals surface area contributed by atoms with Crippen molar-refractivity contribution in [3.05, 3.63) is 32.9 Å². The fraction of sp³-hybridized carbons (Fsp3) is 0.300. The van der Waals surface area contributed by atoms with E-state index in [2.05, 4.69) is 22.6 Å². The molecule has 1 rings (SSSR count). The number of aldehydes is 1. The molecule has 0 bridgehead atoms. The Morgan fingerprint density at radius 1 is 1.62 bits per heavy atom. The molecular weight excluding hydrogens is 279 g/mol. The van der Waals surface area contributed by atoms with Gasteiger partial charge in [-0.05, 0) is 39.8 Å².